The van der Waals surface area contributed by atoms with Crippen molar-refractivity contribution in [1.82, 2.24) is 9.97 Å². The summed E-state index contributed by atoms with van der Waals surface area (Å²) in [5, 5.41) is 8.92. The molecule has 3 rings (SSSR count). The number of hydrogen-bond donors (Lipinski definition) is 4. The van der Waals surface area contributed by atoms with Crippen molar-refractivity contribution < 1.29 is 19.4 Å². The number of aryl methyl sites for hydroxylation is 1. The summed E-state index contributed by atoms with van der Waals surface area (Å²) in [4.78, 5) is 22.0. The van der Waals surface area contributed by atoms with Crippen LogP contribution < -0.4 is 35.9 Å². The summed E-state index contributed by atoms with van der Waals surface area (Å²) in [5.74, 6) is 14.6. The first kappa shape index (κ1) is 36.9. The molecule has 43 heavy (non-hydrogen) atoms. The lowest BCUT2D eigenvalue weighted by molar-refractivity contribution is 0.251. The standard InChI is InChI=1S/C28H35N7O3S.C2H6.CH4O/c1-9-19-20(10-2)24(38-25-13-14-31-17(3)32-25)12-11-22(19)34(29)27(36)35(30)23-16-18(28(4,5)6)15-21(33-39-8)26(23)37-7;2*1-2/h9-16,33H,1-2,29-30H2,3-8H3;1-2H3;2H,1H3. The molecule has 0 unspecified atom stereocenters. The van der Waals surface area contributed by atoms with Crippen molar-refractivity contribution in [1.29, 1.82) is 0 Å². The van der Waals surface area contributed by atoms with Gasteiger partial charge in [0.2, 0.25) is 5.88 Å². The molecule has 0 fully saturated rings. The normalized spacial score (nSPS) is 10.2. The van der Waals surface area contributed by atoms with Gasteiger partial charge in [-0.05, 0) is 42.2 Å². The number of urea groups is 1. The molecule has 0 atom stereocenters. The number of rotatable bonds is 9. The second-order valence-electron chi connectivity index (χ2n) is 9.52. The van der Waals surface area contributed by atoms with Gasteiger partial charge < -0.3 is 19.3 Å². The van der Waals surface area contributed by atoms with E-state index in [4.69, 9.17) is 26.3 Å². The van der Waals surface area contributed by atoms with Crippen molar-refractivity contribution in [2.24, 2.45) is 11.7 Å². The van der Waals surface area contributed by atoms with E-state index in [1.54, 1.807) is 43.5 Å². The number of nitrogens with one attached hydrogen (secondary N) is 1. The van der Waals surface area contributed by atoms with E-state index in [1.807, 2.05) is 32.2 Å². The van der Waals surface area contributed by atoms with Crippen molar-refractivity contribution in [3.63, 3.8) is 0 Å². The minimum Gasteiger partial charge on any atom is -0.492 e. The van der Waals surface area contributed by atoms with Crippen LogP contribution in [0.2, 0.25) is 0 Å². The van der Waals surface area contributed by atoms with Crippen LogP contribution in [0.5, 0.6) is 17.4 Å². The van der Waals surface area contributed by atoms with E-state index in [-0.39, 0.29) is 5.41 Å². The van der Waals surface area contributed by atoms with E-state index >= 15 is 0 Å². The molecule has 1 heterocycles. The average Bonchev–Trinajstić information content (AvgIpc) is 3.01. The van der Waals surface area contributed by atoms with Crippen molar-refractivity contribution >= 4 is 47.2 Å². The molecule has 12 heteroatoms. The highest BCUT2D eigenvalue weighted by atomic mass is 32.2. The van der Waals surface area contributed by atoms with E-state index in [2.05, 4.69) is 48.6 Å². The van der Waals surface area contributed by atoms with Crippen molar-refractivity contribution in [3.8, 4) is 17.4 Å². The highest BCUT2D eigenvalue weighted by Gasteiger charge is 2.28. The molecule has 0 saturated heterocycles. The van der Waals surface area contributed by atoms with Crippen LogP contribution in [0.25, 0.3) is 12.2 Å². The summed E-state index contributed by atoms with van der Waals surface area (Å²) in [6.07, 6.45) is 6.66. The maximum atomic E-state index is 13.6. The Balaban J connectivity index is 0.00000221. The van der Waals surface area contributed by atoms with Gasteiger partial charge >= 0.3 is 6.03 Å². The number of amides is 2. The zero-order valence-electron chi connectivity index (χ0n) is 26.6. The Bertz CT molecular complexity index is 1390. The van der Waals surface area contributed by atoms with Crippen LogP contribution in [0.15, 0.2) is 49.7 Å². The monoisotopic (exact) mass is 611 g/mol. The molecule has 0 saturated carbocycles. The molecule has 0 aliphatic heterocycles. The first-order chi connectivity index (χ1) is 20.5. The molecule has 0 bridgehead atoms. The molecule has 1 aromatic heterocycles. The van der Waals surface area contributed by atoms with Gasteiger partial charge in [0.25, 0.3) is 0 Å². The Hall–Kier alpha value is -4.10. The van der Waals surface area contributed by atoms with Gasteiger partial charge in [-0.1, -0.05) is 71.9 Å². The first-order valence-electron chi connectivity index (χ1n) is 13.5. The molecule has 0 aliphatic rings. The molecule has 234 valence electrons. The van der Waals surface area contributed by atoms with Gasteiger partial charge in [-0.15, -0.1) is 0 Å². The number of aromatic nitrogens is 2. The Kier molecular flexibility index (Phi) is 14.7. The van der Waals surface area contributed by atoms with Gasteiger partial charge in [-0.2, -0.15) is 4.98 Å². The van der Waals surface area contributed by atoms with Gasteiger partial charge in [0.15, 0.2) is 5.75 Å². The number of carbonyl (C=O) groups excluding carboxylic acids is 1. The maximum absolute atomic E-state index is 13.6. The molecule has 0 spiro atoms. The number of methoxy groups -OCH3 is 1. The molecule has 2 amide bonds. The summed E-state index contributed by atoms with van der Waals surface area (Å²) in [6, 6.07) is 8.05. The lowest BCUT2D eigenvalue weighted by Crippen LogP contribution is -2.51. The van der Waals surface area contributed by atoms with Gasteiger partial charge in [-0.3, -0.25) is 0 Å². The number of hydrogen-bond acceptors (Lipinski definition) is 10. The summed E-state index contributed by atoms with van der Waals surface area (Å²) >= 11 is 1.40. The van der Waals surface area contributed by atoms with E-state index in [0.717, 1.165) is 22.7 Å². The Labute approximate surface area is 259 Å². The molecule has 0 aliphatic carbocycles. The molecule has 6 N–H and O–H groups in total. The molecule has 11 nitrogen and oxygen atoms in total. The van der Waals surface area contributed by atoms with Crippen molar-refractivity contribution in [2.45, 2.75) is 47.0 Å². The average molecular weight is 612 g/mol. The lowest BCUT2D eigenvalue weighted by Gasteiger charge is -2.29. The number of hydrazine groups is 2. The number of nitrogens with zero attached hydrogens (tertiary/aromatic N) is 4. The zero-order valence-corrected chi connectivity index (χ0v) is 27.4. The third-order valence-corrected chi connectivity index (χ3v) is 6.30. The number of benzene rings is 2. The predicted octanol–water partition coefficient (Wildman–Crippen LogP) is 6.67. The second-order valence-corrected chi connectivity index (χ2v) is 10.1. The SMILES string of the molecule is C=Cc1c(Oc2ccnc(C)n2)ccc(N(N)C(=O)N(N)c2cc(C(C)(C)C)cc(NSC)c2OC)c1C=C.CC.CO. The van der Waals surface area contributed by atoms with Gasteiger partial charge in [0.05, 0.1) is 18.5 Å². The van der Waals surface area contributed by atoms with Crippen LogP contribution in [-0.4, -0.2) is 41.6 Å². The third kappa shape index (κ3) is 8.94. The smallest absolute Gasteiger partial charge is 0.357 e. The Morgan fingerprint density at radius 2 is 1.65 bits per heavy atom. The number of anilines is 3. The number of aliphatic hydroxyl groups is 1. The summed E-state index contributed by atoms with van der Waals surface area (Å²) < 4.78 is 14.8. The van der Waals surface area contributed by atoms with Gasteiger partial charge in [0.1, 0.15) is 17.3 Å². The van der Waals surface area contributed by atoms with Crippen LogP contribution >= 0.6 is 11.9 Å². The molecular formula is C31H45N7O4S. The molecule has 0 radical (unpaired) electrons. The highest BCUT2D eigenvalue weighted by molar-refractivity contribution is 7.99. The molecule has 2 aromatic carbocycles. The number of aliphatic hydroxyl groups excluding tert-OH is 1. The largest absolute Gasteiger partial charge is 0.492 e. The summed E-state index contributed by atoms with van der Waals surface area (Å²) in [7, 11) is 2.52. The van der Waals surface area contributed by atoms with Gasteiger partial charge in [0, 0.05) is 36.8 Å². The zero-order chi connectivity index (χ0) is 32.9. The Morgan fingerprint density at radius 3 is 2.16 bits per heavy atom. The number of ether oxygens (including phenoxy) is 2. The van der Waals surface area contributed by atoms with E-state index in [9.17, 15) is 4.79 Å². The summed E-state index contributed by atoms with van der Waals surface area (Å²) in [5.41, 5.74) is 3.20. The van der Waals surface area contributed by atoms with Crippen LogP contribution in [0, 0.1) is 6.92 Å². The Morgan fingerprint density at radius 1 is 1.05 bits per heavy atom. The van der Waals surface area contributed by atoms with E-state index < -0.39 is 6.03 Å². The molecule has 3 aromatic rings. The second kappa shape index (κ2) is 17.1. The third-order valence-electron chi connectivity index (χ3n) is 5.88. The fourth-order valence-corrected chi connectivity index (χ4v) is 4.25. The number of carbonyl (C=O) groups is 1. The topological polar surface area (TPSA) is 152 Å². The minimum absolute atomic E-state index is 0.227. The van der Waals surface area contributed by atoms with Crippen LogP contribution in [0.3, 0.4) is 0 Å². The van der Waals surface area contributed by atoms with Crippen molar-refractivity contribution in [3.05, 3.63) is 72.2 Å². The van der Waals surface area contributed by atoms with Crippen LogP contribution in [-0.2, 0) is 5.41 Å². The fraction of sp³-hybridized carbons (Fsp3) is 0.323. The lowest BCUT2D eigenvalue weighted by atomic mass is 9.86. The molecular weight excluding hydrogens is 566 g/mol. The van der Waals surface area contributed by atoms with Crippen molar-refractivity contribution in [2.75, 3.05) is 35.2 Å². The van der Waals surface area contributed by atoms with E-state index in [1.165, 1.54) is 19.1 Å². The minimum atomic E-state index is -0.701. The first-order valence-corrected chi connectivity index (χ1v) is 14.7. The quantitative estimate of drug-likeness (QED) is 0.0893. The van der Waals surface area contributed by atoms with E-state index in [0.29, 0.717) is 51.4 Å². The summed E-state index contributed by atoms with van der Waals surface area (Å²) in [6.45, 7) is 19.8. The van der Waals surface area contributed by atoms with Gasteiger partial charge in [-0.25, -0.2) is 31.5 Å². The predicted molar refractivity (Wildman–Crippen MR) is 181 cm³/mol. The van der Waals surface area contributed by atoms with Crippen LogP contribution in [0.1, 0.15) is 57.1 Å². The maximum Gasteiger partial charge on any atom is 0.357 e. The number of nitrogens with two attached hydrogens (primary N) is 2. The highest BCUT2D eigenvalue weighted by Crippen LogP contribution is 2.41. The fourth-order valence-electron chi connectivity index (χ4n) is 3.88. The van der Waals surface area contributed by atoms with Crippen LogP contribution in [0.4, 0.5) is 21.9 Å².